The first kappa shape index (κ1) is 55.2. The molecule has 0 heterocycles. The molecule has 9 heteroatoms. The van der Waals surface area contributed by atoms with Gasteiger partial charge >= 0.3 is 7.82 Å². The lowest BCUT2D eigenvalue weighted by Crippen LogP contribution is -2.46. The van der Waals surface area contributed by atoms with Gasteiger partial charge < -0.3 is 19.8 Å². The van der Waals surface area contributed by atoms with Crippen molar-refractivity contribution in [1.29, 1.82) is 0 Å². The summed E-state index contributed by atoms with van der Waals surface area (Å²) in [5, 5.41) is 14.0. The Bertz CT molecular complexity index is 927. The van der Waals surface area contributed by atoms with Gasteiger partial charge in [-0.25, -0.2) is 4.57 Å². The molecule has 0 radical (unpaired) electrons. The highest BCUT2D eigenvalue weighted by Crippen LogP contribution is 2.43. The summed E-state index contributed by atoms with van der Waals surface area (Å²) in [4.78, 5) is 23.2. The molecule has 3 N–H and O–H groups in total. The van der Waals surface area contributed by atoms with E-state index in [4.69, 9.17) is 9.05 Å². The smallest absolute Gasteiger partial charge is 0.391 e. The number of nitrogens with zero attached hydrogens (tertiary/aromatic N) is 1. The highest BCUT2D eigenvalue weighted by molar-refractivity contribution is 7.47. The van der Waals surface area contributed by atoms with E-state index in [0.717, 1.165) is 38.5 Å². The number of allylic oxidation sites excluding steroid dienone is 2. The van der Waals surface area contributed by atoms with Crippen LogP contribution in [-0.4, -0.2) is 73.4 Å². The molecule has 0 bridgehead atoms. The number of likely N-dealkylation sites (N-methyl/N-ethyl adjacent to an activating group) is 1. The third kappa shape index (κ3) is 41.4. The number of rotatable bonds is 44. The number of unbranched alkanes of at least 4 members (excludes halogenated alkanes) is 29. The van der Waals surface area contributed by atoms with Crippen molar-refractivity contribution in [3.8, 4) is 0 Å². The Morgan fingerprint density at radius 3 is 1.38 bits per heavy atom. The van der Waals surface area contributed by atoms with Crippen LogP contribution in [0.25, 0.3) is 0 Å². The minimum absolute atomic E-state index is 0.0767. The van der Waals surface area contributed by atoms with Gasteiger partial charge in [-0.3, -0.25) is 13.8 Å². The van der Waals surface area contributed by atoms with Crippen molar-refractivity contribution in [1.82, 2.24) is 5.32 Å². The maximum absolute atomic E-state index is 12.9. The summed E-state index contributed by atoms with van der Waals surface area (Å²) < 4.78 is 23.6. The molecule has 3 atom stereocenters. The van der Waals surface area contributed by atoms with Gasteiger partial charge in [0, 0.05) is 6.42 Å². The number of amides is 1. The van der Waals surface area contributed by atoms with Crippen LogP contribution in [0.2, 0.25) is 0 Å². The number of phosphoric acid groups is 1. The number of aliphatic hydroxyl groups is 1. The van der Waals surface area contributed by atoms with E-state index in [-0.39, 0.29) is 19.1 Å². The van der Waals surface area contributed by atoms with E-state index in [9.17, 15) is 19.4 Å². The van der Waals surface area contributed by atoms with Crippen molar-refractivity contribution >= 4 is 13.7 Å². The molecule has 1 amide bonds. The molecule has 0 saturated heterocycles. The molecule has 0 aromatic heterocycles. The average Bonchev–Trinajstić information content (AvgIpc) is 3.15. The van der Waals surface area contributed by atoms with Crippen molar-refractivity contribution in [3.05, 3.63) is 12.2 Å². The second kappa shape index (κ2) is 39.7. The zero-order valence-corrected chi connectivity index (χ0v) is 38.8. The van der Waals surface area contributed by atoms with E-state index in [1.165, 1.54) is 167 Å². The van der Waals surface area contributed by atoms with E-state index >= 15 is 0 Å². The number of phosphoric ester groups is 1. The minimum atomic E-state index is -4.31. The number of quaternary nitrogens is 1. The monoisotopic (exact) mass is 816 g/mol. The van der Waals surface area contributed by atoms with Crippen LogP contribution in [0, 0.1) is 0 Å². The lowest BCUT2D eigenvalue weighted by molar-refractivity contribution is -0.870. The summed E-state index contributed by atoms with van der Waals surface area (Å²) in [5.41, 5.74) is 0. The van der Waals surface area contributed by atoms with Crippen LogP contribution < -0.4 is 5.32 Å². The van der Waals surface area contributed by atoms with Gasteiger partial charge in [0.1, 0.15) is 13.2 Å². The zero-order valence-electron chi connectivity index (χ0n) is 37.9. The summed E-state index contributed by atoms with van der Waals surface area (Å²) in [7, 11) is 1.62. The lowest BCUT2D eigenvalue weighted by Gasteiger charge is -2.26. The first-order valence-corrected chi connectivity index (χ1v) is 25.5. The molecule has 0 fully saturated rings. The Kier molecular flexibility index (Phi) is 39.1. The standard InChI is InChI=1S/C47H95N2O6P/c1-6-8-10-12-14-16-18-20-21-22-23-24-25-26-27-29-31-33-35-37-39-41-47(51)48-45(44-55-56(52,53)54-43-42-49(3,4)5)46(50)40-38-36-34-32-30-28-19-17-15-13-11-9-7-2/h20-21,45-46,50H,6-19,22-44H2,1-5H3,(H-,48,51,52,53)/p+1/b21-20-/t45-,46+/m0/s1. The van der Waals surface area contributed by atoms with Crippen molar-refractivity contribution < 1.29 is 32.9 Å². The number of nitrogens with one attached hydrogen (secondary N) is 1. The van der Waals surface area contributed by atoms with Crippen molar-refractivity contribution in [2.24, 2.45) is 0 Å². The number of aliphatic hydroxyl groups excluding tert-OH is 1. The number of carbonyl (C=O) groups excluding carboxylic acids is 1. The minimum Gasteiger partial charge on any atom is -0.391 e. The molecule has 0 spiro atoms. The fourth-order valence-electron chi connectivity index (χ4n) is 7.16. The normalized spacial score (nSPS) is 14.3. The van der Waals surface area contributed by atoms with Gasteiger partial charge in [-0.1, -0.05) is 199 Å². The lowest BCUT2D eigenvalue weighted by atomic mass is 10.0. The summed E-state index contributed by atoms with van der Waals surface area (Å²) in [5.74, 6) is -0.143. The quantitative estimate of drug-likeness (QED) is 0.0245. The van der Waals surface area contributed by atoms with Gasteiger partial charge in [-0.05, 0) is 38.5 Å². The van der Waals surface area contributed by atoms with Gasteiger partial charge in [0.05, 0.1) is 39.9 Å². The first-order valence-electron chi connectivity index (χ1n) is 24.1. The molecule has 0 aliphatic heterocycles. The molecule has 334 valence electrons. The fraction of sp³-hybridized carbons (Fsp3) is 0.936. The van der Waals surface area contributed by atoms with Crippen molar-refractivity contribution in [2.45, 2.75) is 244 Å². The second-order valence-electron chi connectivity index (χ2n) is 17.8. The van der Waals surface area contributed by atoms with Gasteiger partial charge in [0.2, 0.25) is 5.91 Å². The molecular formula is C47H96N2O6P+. The first-order chi connectivity index (χ1) is 27.0. The van der Waals surface area contributed by atoms with Crippen molar-refractivity contribution in [3.63, 3.8) is 0 Å². The van der Waals surface area contributed by atoms with Crippen LogP contribution >= 0.6 is 7.82 Å². The molecule has 0 rings (SSSR count). The predicted molar refractivity (Wildman–Crippen MR) is 240 cm³/mol. The third-order valence-corrected chi connectivity index (χ3v) is 12.0. The third-order valence-electron chi connectivity index (χ3n) is 11.0. The van der Waals surface area contributed by atoms with E-state index in [1.54, 1.807) is 0 Å². The van der Waals surface area contributed by atoms with E-state index in [1.807, 2.05) is 21.1 Å². The van der Waals surface area contributed by atoms with Crippen LogP contribution in [0.5, 0.6) is 0 Å². The highest BCUT2D eigenvalue weighted by atomic mass is 31.2. The number of hydrogen-bond acceptors (Lipinski definition) is 5. The molecule has 0 aliphatic rings. The Morgan fingerprint density at radius 1 is 0.589 bits per heavy atom. The van der Waals surface area contributed by atoms with Gasteiger partial charge in [-0.15, -0.1) is 0 Å². The van der Waals surface area contributed by atoms with E-state index in [2.05, 4.69) is 31.3 Å². The number of hydrogen-bond donors (Lipinski definition) is 3. The van der Waals surface area contributed by atoms with Gasteiger partial charge in [0.15, 0.2) is 0 Å². The summed E-state index contributed by atoms with van der Waals surface area (Å²) in [6.07, 6.45) is 45.2. The van der Waals surface area contributed by atoms with E-state index in [0.29, 0.717) is 23.9 Å². The maximum atomic E-state index is 12.9. The second-order valence-corrected chi connectivity index (χ2v) is 19.3. The summed E-state index contributed by atoms with van der Waals surface area (Å²) in [6.45, 7) is 4.90. The highest BCUT2D eigenvalue weighted by Gasteiger charge is 2.28. The molecule has 0 saturated carbocycles. The molecule has 0 aromatic rings. The molecule has 8 nitrogen and oxygen atoms in total. The predicted octanol–water partition coefficient (Wildman–Crippen LogP) is 13.5. The molecular weight excluding hydrogens is 719 g/mol. The SMILES string of the molecule is CCCCCCCC/C=C\CCCCCCCCCCCCCC(=O)N[C@@H](COP(=O)(O)OCC[N+](C)(C)C)[C@H](O)CCCCCCCCCCCCCCC. The molecule has 0 aliphatic carbocycles. The summed E-state index contributed by atoms with van der Waals surface area (Å²) >= 11 is 0. The maximum Gasteiger partial charge on any atom is 0.472 e. The topological polar surface area (TPSA) is 105 Å². The van der Waals surface area contributed by atoms with Crippen LogP contribution in [0.3, 0.4) is 0 Å². The van der Waals surface area contributed by atoms with Gasteiger partial charge in [0.25, 0.3) is 0 Å². The van der Waals surface area contributed by atoms with Crippen LogP contribution in [-0.2, 0) is 18.4 Å². The number of carbonyl (C=O) groups is 1. The Hall–Kier alpha value is -0.760. The molecule has 1 unspecified atom stereocenters. The van der Waals surface area contributed by atoms with Crippen LogP contribution in [0.1, 0.15) is 232 Å². The van der Waals surface area contributed by atoms with Gasteiger partial charge in [-0.2, -0.15) is 0 Å². The van der Waals surface area contributed by atoms with Crippen LogP contribution in [0.15, 0.2) is 12.2 Å². The average molecular weight is 816 g/mol. The van der Waals surface area contributed by atoms with Crippen LogP contribution in [0.4, 0.5) is 0 Å². The Morgan fingerprint density at radius 2 is 0.964 bits per heavy atom. The summed E-state index contributed by atoms with van der Waals surface area (Å²) in [6, 6.07) is -0.756. The fourth-order valence-corrected chi connectivity index (χ4v) is 7.89. The largest absolute Gasteiger partial charge is 0.472 e. The Labute approximate surface area is 348 Å². The zero-order chi connectivity index (χ0) is 41.4. The van der Waals surface area contributed by atoms with Crippen molar-refractivity contribution in [2.75, 3.05) is 40.9 Å². The van der Waals surface area contributed by atoms with E-state index < -0.39 is 20.0 Å². The molecule has 0 aromatic carbocycles. The molecule has 56 heavy (non-hydrogen) atoms. The Balaban J connectivity index is 4.24.